The summed E-state index contributed by atoms with van der Waals surface area (Å²) in [6.07, 6.45) is 7.40. The maximum Gasteiger partial charge on any atom is 0.142 e. The van der Waals surface area contributed by atoms with Crippen LogP contribution in [-0.4, -0.2) is 30.6 Å². The van der Waals surface area contributed by atoms with Gasteiger partial charge in [0, 0.05) is 11.1 Å². The zero-order valence-electron chi connectivity index (χ0n) is 12.7. The third kappa shape index (κ3) is 2.66. The Labute approximate surface area is 135 Å². The van der Waals surface area contributed by atoms with Crippen molar-refractivity contribution in [3.63, 3.8) is 0 Å². The Morgan fingerprint density at radius 3 is 2.48 bits per heavy atom. The lowest BCUT2D eigenvalue weighted by molar-refractivity contribution is 0.0781. The molecule has 21 heavy (non-hydrogen) atoms. The highest BCUT2D eigenvalue weighted by Gasteiger charge is 2.47. The summed E-state index contributed by atoms with van der Waals surface area (Å²) in [4.78, 5) is 2.63. The highest BCUT2D eigenvalue weighted by atomic mass is 79.9. The van der Waals surface area contributed by atoms with E-state index in [1.54, 1.807) is 6.07 Å². The third-order valence-electron chi connectivity index (χ3n) is 5.32. The van der Waals surface area contributed by atoms with Crippen LogP contribution in [0.1, 0.15) is 50.1 Å². The average molecular weight is 355 g/mol. The molecule has 1 unspecified atom stereocenters. The summed E-state index contributed by atoms with van der Waals surface area (Å²) in [7, 11) is 1.97. The van der Waals surface area contributed by atoms with Gasteiger partial charge in [0.15, 0.2) is 0 Å². The zero-order valence-corrected chi connectivity index (χ0v) is 14.3. The zero-order chi connectivity index (χ0) is 14.9. The van der Waals surface area contributed by atoms with Crippen LogP contribution in [0, 0.1) is 5.82 Å². The molecule has 2 aliphatic rings. The lowest BCUT2D eigenvalue weighted by Gasteiger charge is -2.45. The fraction of sp³-hybridized carbons (Fsp3) is 0.647. The number of rotatable bonds is 4. The molecule has 4 heteroatoms. The van der Waals surface area contributed by atoms with Gasteiger partial charge in [0.2, 0.25) is 0 Å². The van der Waals surface area contributed by atoms with Gasteiger partial charge in [-0.05, 0) is 67.8 Å². The van der Waals surface area contributed by atoms with Crippen molar-refractivity contribution in [2.45, 2.75) is 50.1 Å². The molecule has 1 atom stereocenters. The summed E-state index contributed by atoms with van der Waals surface area (Å²) in [5.74, 6) is -0.109. The highest BCUT2D eigenvalue weighted by molar-refractivity contribution is 9.10. The molecule has 0 radical (unpaired) electrons. The molecule has 0 aromatic heterocycles. The molecule has 1 aliphatic carbocycles. The second kappa shape index (κ2) is 6.35. The predicted molar refractivity (Wildman–Crippen MR) is 87.9 cm³/mol. The molecule has 1 aromatic rings. The van der Waals surface area contributed by atoms with Crippen LogP contribution in [0.25, 0.3) is 0 Å². The quantitative estimate of drug-likeness (QED) is 0.868. The van der Waals surface area contributed by atoms with Gasteiger partial charge in [-0.3, -0.25) is 4.90 Å². The van der Waals surface area contributed by atoms with Crippen molar-refractivity contribution in [3.05, 3.63) is 34.1 Å². The molecule has 2 nitrogen and oxygen atoms in total. The van der Waals surface area contributed by atoms with Crippen molar-refractivity contribution < 1.29 is 4.39 Å². The van der Waals surface area contributed by atoms with E-state index in [0.29, 0.717) is 4.47 Å². The Bertz CT molecular complexity index is 494. The van der Waals surface area contributed by atoms with E-state index < -0.39 is 0 Å². The number of halogens is 2. The van der Waals surface area contributed by atoms with Crippen LogP contribution >= 0.6 is 15.9 Å². The van der Waals surface area contributed by atoms with E-state index in [9.17, 15) is 4.39 Å². The van der Waals surface area contributed by atoms with Gasteiger partial charge in [-0.15, -0.1) is 0 Å². The molecule has 2 fully saturated rings. The van der Waals surface area contributed by atoms with E-state index >= 15 is 0 Å². The minimum absolute atomic E-state index is 0.0654. The first-order valence-electron chi connectivity index (χ1n) is 8.05. The van der Waals surface area contributed by atoms with Gasteiger partial charge in [0.25, 0.3) is 0 Å². The van der Waals surface area contributed by atoms with Gasteiger partial charge in [0.1, 0.15) is 5.82 Å². The first-order chi connectivity index (χ1) is 10.2. The summed E-state index contributed by atoms with van der Waals surface area (Å²) in [6.45, 7) is 2.32. The van der Waals surface area contributed by atoms with Crippen molar-refractivity contribution in [1.82, 2.24) is 10.2 Å². The van der Waals surface area contributed by atoms with Crippen molar-refractivity contribution in [1.29, 1.82) is 0 Å². The minimum atomic E-state index is -0.109. The Morgan fingerprint density at radius 2 is 1.86 bits per heavy atom. The third-order valence-corrected chi connectivity index (χ3v) is 5.94. The maximum atomic E-state index is 14.6. The number of hydrogen-bond donors (Lipinski definition) is 1. The van der Waals surface area contributed by atoms with Crippen LogP contribution in [0.2, 0.25) is 0 Å². The van der Waals surface area contributed by atoms with Gasteiger partial charge in [0.05, 0.1) is 10.5 Å². The van der Waals surface area contributed by atoms with Gasteiger partial charge < -0.3 is 5.32 Å². The summed E-state index contributed by atoms with van der Waals surface area (Å²) in [6, 6.07) is 5.73. The average Bonchev–Trinajstić information content (AvgIpc) is 3.15. The van der Waals surface area contributed by atoms with Crippen molar-refractivity contribution >= 4 is 15.9 Å². The van der Waals surface area contributed by atoms with E-state index in [-0.39, 0.29) is 17.4 Å². The molecule has 1 N–H and O–H groups in total. The molecule has 1 heterocycles. The second-order valence-corrected chi connectivity index (χ2v) is 7.22. The van der Waals surface area contributed by atoms with Crippen LogP contribution in [0.3, 0.4) is 0 Å². The first-order valence-corrected chi connectivity index (χ1v) is 8.84. The maximum absolute atomic E-state index is 14.6. The number of nitrogens with one attached hydrogen (secondary N) is 1. The van der Waals surface area contributed by atoms with E-state index in [4.69, 9.17) is 0 Å². The summed E-state index contributed by atoms with van der Waals surface area (Å²) in [5, 5.41) is 3.44. The molecule has 1 saturated carbocycles. The van der Waals surface area contributed by atoms with Gasteiger partial charge in [-0.25, -0.2) is 4.39 Å². The van der Waals surface area contributed by atoms with Crippen molar-refractivity contribution in [3.8, 4) is 0 Å². The van der Waals surface area contributed by atoms with Gasteiger partial charge in [-0.1, -0.05) is 25.0 Å². The molecule has 3 rings (SSSR count). The van der Waals surface area contributed by atoms with Crippen LogP contribution in [0.4, 0.5) is 4.39 Å². The summed E-state index contributed by atoms with van der Waals surface area (Å²) < 4.78 is 15.2. The van der Waals surface area contributed by atoms with Crippen LogP contribution in [-0.2, 0) is 0 Å². The normalized spacial score (nSPS) is 23.6. The number of benzene rings is 1. The van der Waals surface area contributed by atoms with E-state index in [1.807, 2.05) is 19.2 Å². The van der Waals surface area contributed by atoms with Gasteiger partial charge >= 0.3 is 0 Å². The lowest BCUT2D eigenvalue weighted by atomic mass is 9.82. The molecule has 0 amide bonds. The van der Waals surface area contributed by atoms with Gasteiger partial charge in [-0.2, -0.15) is 0 Å². The summed E-state index contributed by atoms with van der Waals surface area (Å²) >= 11 is 3.34. The smallest absolute Gasteiger partial charge is 0.142 e. The summed E-state index contributed by atoms with van der Waals surface area (Å²) in [5.41, 5.74) is 0.896. The highest BCUT2D eigenvalue weighted by Crippen LogP contribution is 2.46. The Kier molecular flexibility index (Phi) is 4.67. The first kappa shape index (κ1) is 15.4. The topological polar surface area (TPSA) is 15.3 Å². The molecule has 1 aliphatic heterocycles. The van der Waals surface area contributed by atoms with Crippen LogP contribution in [0.5, 0.6) is 0 Å². The van der Waals surface area contributed by atoms with E-state index in [2.05, 4.69) is 26.1 Å². The molecule has 1 aromatic carbocycles. The Morgan fingerprint density at radius 1 is 1.19 bits per heavy atom. The second-order valence-electron chi connectivity index (χ2n) is 6.37. The largest absolute Gasteiger partial charge is 0.311 e. The molecular weight excluding hydrogens is 331 g/mol. The fourth-order valence-electron chi connectivity index (χ4n) is 4.39. The predicted octanol–water partition coefficient (Wildman–Crippen LogP) is 4.26. The lowest BCUT2D eigenvalue weighted by Crippen LogP contribution is -2.53. The SMILES string of the molecule is CNC(c1cccc(Br)c1F)C1(N2CCCC2)CCCC1. The Balaban J connectivity index is 2.01. The molecule has 116 valence electrons. The molecule has 0 bridgehead atoms. The molecular formula is C17H24BrFN2. The molecule has 1 saturated heterocycles. The van der Waals surface area contributed by atoms with E-state index in [1.165, 1.54) is 38.5 Å². The number of likely N-dealkylation sites (N-methyl/N-ethyl adjacent to an activating group) is 1. The number of likely N-dealkylation sites (tertiary alicyclic amines) is 1. The fourth-order valence-corrected chi connectivity index (χ4v) is 4.78. The monoisotopic (exact) mass is 354 g/mol. The Hall–Kier alpha value is -0.450. The van der Waals surface area contributed by atoms with E-state index in [0.717, 1.165) is 18.7 Å². The number of hydrogen-bond acceptors (Lipinski definition) is 2. The number of nitrogens with zero attached hydrogens (tertiary/aromatic N) is 1. The van der Waals surface area contributed by atoms with Crippen LogP contribution in [0.15, 0.2) is 22.7 Å². The van der Waals surface area contributed by atoms with Crippen molar-refractivity contribution in [2.75, 3.05) is 20.1 Å². The van der Waals surface area contributed by atoms with Crippen molar-refractivity contribution in [2.24, 2.45) is 0 Å². The van der Waals surface area contributed by atoms with Crippen LogP contribution < -0.4 is 5.32 Å². The molecule has 0 spiro atoms. The minimum Gasteiger partial charge on any atom is -0.311 e. The standard InChI is InChI=1S/C17H24BrFN2/c1-20-16(13-7-6-8-14(18)15(13)19)17(9-2-3-10-17)21-11-4-5-12-21/h6-8,16,20H,2-5,9-12H2,1H3.